The van der Waals surface area contributed by atoms with Gasteiger partial charge in [-0.2, -0.15) is 14.9 Å². The standard InChI is InChI=1S/C16H13ClN4S2/c1-23-14-7-5-11(6-8-14)10-18-21-15(19-20-16(21)22)12-3-2-4-13(17)9-12/h2-10H,1H3,(H,20,22). The van der Waals surface area contributed by atoms with Crippen LogP contribution in [-0.2, 0) is 0 Å². The van der Waals surface area contributed by atoms with Crippen molar-refractivity contribution in [3.63, 3.8) is 0 Å². The Hall–Kier alpha value is -1.89. The summed E-state index contributed by atoms with van der Waals surface area (Å²) >= 11 is 13.0. The Morgan fingerprint density at radius 1 is 1.26 bits per heavy atom. The monoisotopic (exact) mass is 360 g/mol. The minimum absolute atomic E-state index is 0.428. The SMILES string of the molecule is CSc1ccc(C=Nn2c(-c3cccc(Cl)c3)n[nH]c2=S)cc1. The lowest BCUT2D eigenvalue weighted by molar-refractivity contribution is 0.871. The summed E-state index contributed by atoms with van der Waals surface area (Å²) in [6.07, 6.45) is 3.80. The van der Waals surface area contributed by atoms with Crippen LogP contribution in [0.1, 0.15) is 5.56 Å². The molecule has 7 heteroatoms. The molecule has 116 valence electrons. The lowest BCUT2D eigenvalue weighted by Crippen LogP contribution is -1.95. The largest absolute Gasteiger partial charge is 0.250 e. The molecule has 4 nitrogen and oxygen atoms in total. The minimum atomic E-state index is 0.428. The Morgan fingerprint density at radius 3 is 2.74 bits per heavy atom. The van der Waals surface area contributed by atoms with Gasteiger partial charge in [0, 0.05) is 15.5 Å². The zero-order chi connectivity index (χ0) is 16.2. The highest BCUT2D eigenvalue weighted by atomic mass is 35.5. The first-order valence-electron chi connectivity index (χ1n) is 6.79. The van der Waals surface area contributed by atoms with Crippen LogP contribution < -0.4 is 0 Å². The van der Waals surface area contributed by atoms with Gasteiger partial charge in [-0.15, -0.1) is 11.8 Å². The second-order valence-electron chi connectivity index (χ2n) is 4.69. The molecule has 0 aliphatic heterocycles. The molecule has 0 aliphatic rings. The lowest BCUT2D eigenvalue weighted by atomic mass is 10.2. The molecule has 23 heavy (non-hydrogen) atoms. The van der Waals surface area contributed by atoms with Gasteiger partial charge in [-0.3, -0.25) is 0 Å². The maximum atomic E-state index is 6.04. The van der Waals surface area contributed by atoms with Crippen molar-refractivity contribution < 1.29 is 0 Å². The van der Waals surface area contributed by atoms with Gasteiger partial charge in [-0.05, 0) is 48.3 Å². The average molecular weight is 361 g/mol. The Kier molecular flexibility index (Phi) is 4.95. The Labute approximate surface area is 148 Å². The number of nitrogens with zero attached hydrogens (tertiary/aromatic N) is 3. The number of nitrogens with one attached hydrogen (secondary N) is 1. The van der Waals surface area contributed by atoms with Gasteiger partial charge in [0.25, 0.3) is 0 Å². The van der Waals surface area contributed by atoms with Crippen LogP contribution in [0.3, 0.4) is 0 Å². The predicted octanol–water partition coefficient (Wildman–Crippen LogP) is 4.87. The van der Waals surface area contributed by atoms with Gasteiger partial charge in [0.1, 0.15) is 0 Å². The molecular formula is C16H13ClN4S2. The molecule has 3 rings (SSSR count). The van der Waals surface area contributed by atoms with E-state index < -0.39 is 0 Å². The summed E-state index contributed by atoms with van der Waals surface area (Å²) in [6, 6.07) is 15.5. The number of halogens is 1. The Bertz CT molecular complexity index is 897. The molecule has 1 heterocycles. The van der Waals surface area contributed by atoms with Crippen molar-refractivity contribution in [3.05, 3.63) is 63.9 Å². The number of hydrogen-bond acceptors (Lipinski definition) is 4. The number of thioether (sulfide) groups is 1. The summed E-state index contributed by atoms with van der Waals surface area (Å²) < 4.78 is 2.01. The zero-order valence-electron chi connectivity index (χ0n) is 12.2. The summed E-state index contributed by atoms with van der Waals surface area (Å²) in [6.45, 7) is 0. The topological polar surface area (TPSA) is 46.0 Å². The van der Waals surface area contributed by atoms with Crippen molar-refractivity contribution in [2.75, 3.05) is 6.26 Å². The molecule has 0 atom stereocenters. The highest BCUT2D eigenvalue weighted by Crippen LogP contribution is 2.21. The molecule has 1 N–H and O–H groups in total. The minimum Gasteiger partial charge on any atom is -0.250 e. The summed E-state index contributed by atoms with van der Waals surface area (Å²) in [5.74, 6) is 0.620. The zero-order valence-corrected chi connectivity index (χ0v) is 14.6. The van der Waals surface area contributed by atoms with Crippen molar-refractivity contribution in [1.82, 2.24) is 14.9 Å². The molecule has 2 aromatic carbocycles. The molecule has 1 aromatic heterocycles. The maximum Gasteiger partial charge on any atom is 0.216 e. The second-order valence-corrected chi connectivity index (χ2v) is 6.40. The van der Waals surface area contributed by atoms with Gasteiger partial charge in [-0.25, -0.2) is 5.10 Å². The van der Waals surface area contributed by atoms with Crippen molar-refractivity contribution in [2.24, 2.45) is 5.10 Å². The Balaban J connectivity index is 1.95. The van der Waals surface area contributed by atoms with Crippen LogP contribution in [-0.4, -0.2) is 27.3 Å². The first kappa shape index (κ1) is 16.0. The maximum absolute atomic E-state index is 6.04. The van der Waals surface area contributed by atoms with Crippen LogP contribution in [0, 0.1) is 4.77 Å². The molecule has 0 bridgehead atoms. The molecule has 0 aliphatic carbocycles. The van der Waals surface area contributed by atoms with Crippen LogP contribution in [0.15, 0.2) is 58.5 Å². The molecule has 0 unspecified atom stereocenters. The average Bonchev–Trinajstić information content (AvgIpc) is 2.94. The number of hydrogen-bond donors (Lipinski definition) is 1. The predicted molar refractivity (Wildman–Crippen MR) is 99.1 cm³/mol. The fraction of sp³-hybridized carbons (Fsp3) is 0.0625. The molecule has 3 aromatic rings. The van der Waals surface area contributed by atoms with E-state index in [1.165, 1.54) is 4.90 Å². The Morgan fingerprint density at radius 2 is 2.04 bits per heavy atom. The van der Waals surface area contributed by atoms with Gasteiger partial charge in [0.15, 0.2) is 5.82 Å². The van der Waals surface area contributed by atoms with E-state index in [0.717, 1.165) is 11.1 Å². The third kappa shape index (κ3) is 3.72. The molecule has 0 fully saturated rings. The third-order valence-corrected chi connectivity index (χ3v) is 4.41. The van der Waals surface area contributed by atoms with E-state index in [1.807, 2.05) is 42.7 Å². The van der Waals surface area contributed by atoms with Crippen LogP contribution >= 0.6 is 35.6 Å². The number of H-pyrrole nitrogens is 1. The van der Waals surface area contributed by atoms with Gasteiger partial charge in [-0.1, -0.05) is 35.9 Å². The van der Waals surface area contributed by atoms with E-state index in [2.05, 4.69) is 27.4 Å². The van der Waals surface area contributed by atoms with Crippen molar-refractivity contribution in [1.29, 1.82) is 0 Å². The van der Waals surface area contributed by atoms with Crippen molar-refractivity contribution in [2.45, 2.75) is 4.90 Å². The second kappa shape index (κ2) is 7.12. The molecular weight excluding hydrogens is 348 g/mol. The number of benzene rings is 2. The van der Waals surface area contributed by atoms with Gasteiger partial charge in [0.05, 0.1) is 6.21 Å². The van der Waals surface area contributed by atoms with Crippen LogP contribution in [0.2, 0.25) is 5.02 Å². The molecule has 0 spiro atoms. The van der Waals surface area contributed by atoms with E-state index >= 15 is 0 Å². The highest BCUT2D eigenvalue weighted by molar-refractivity contribution is 7.98. The molecule has 0 amide bonds. The van der Waals surface area contributed by atoms with E-state index in [-0.39, 0.29) is 0 Å². The quantitative estimate of drug-likeness (QED) is 0.410. The number of aromatic amines is 1. The van der Waals surface area contributed by atoms with E-state index in [1.54, 1.807) is 22.7 Å². The first-order chi connectivity index (χ1) is 11.2. The van der Waals surface area contributed by atoms with Crippen LogP contribution in [0.25, 0.3) is 11.4 Å². The van der Waals surface area contributed by atoms with Crippen molar-refractivity contribution in [3.8, 4) is 11.4 Å². The van der Waals surface area contributed by atoms with Gasteiger partial charge < -0.3 is 0 Å². The summed E-state index contributed by atoms with van der Waals surface area (Å²) in [5.41, 5.74) is 1.84. The fourth-order valence-electron chi connectivity index (χ4n) is 2.03. The number of rotatable bonds is 4. The van der Waals surface area contributed by atoms with Gasteiger partial charge in [0.2, 0.25) is 4.77 Å². The fourth-order valence-corrected chi connectivity index (χ4v) is 2.81. The number of aromatic nitrogens is 3. The third-order valence-electron chi connectivity index (χ3n) is 3.17. The van der Waals surface area contributed by atoms with Crippen molar-refractivity contribution >= 4 is 41.8 Å². The summed E-state index contributed by atoms with van der Waals surface area (Å²) in [7, 11) is 0. The van der Waals surface area contributed by atoms with Crippen LogP contribution in [0.5, 0.6) is 0 Å². The molecule has 0 saturated heterocycles. The smallest absolute Gasteiger partial charge is 0.216 e. The normalized spacial score (nSPS) is 11.2. The molecule has 0 radical (unpaired) electrons. The molecule has 0 saturated carbocycles. The van der Waals surface area contributed by atoms with Gasteiger partial charge >= 0.3 is 0 Å². The van der Waals surface area contributed by atoms with E-state index in [9.17, 15) is 0 Å². The first-order valence-corrected chi connectivity index (χ1v) is 8.80. The van der Waals surface area contributed by atoms with E-state index in [0.29, 0.717) is 15.6 Å². The summed E-state index contributed by atoms with van der Waals surface area (Å²) in [5, 5.41) is 12.1. The van der Waals surface area contributed by atoms with Crippen LogP contribution in [0.4, 0.5) is 0 Å². The summed E-state index contributed by atoms with van der Waals surface area (Å²) in [4.78, 5) is 1.21. The lowest BCUT2D eigenvalue weighted by Gasteiger charge is -2.02. The highest BCUT2D eigenvalue weighted by Gasteiger charge is 2.08. The van der Waals surface area contributed by atoms with E-state index in [4.69, 9.17) is 23.8 Å².